The highest BCUT2D eigenvalue weighted by molar-refractivity contribution is 5.57. The Labute approximate surface area is 106 Å². The van der Waals surface area contributed by atoms with Crippen LogP contribution in [0.2, 0.25) is 0 Å². The first-order valence-electron chi connectivity index (χ1n) is 7.07. The summed E-state index contributed by atoms with van der Waals surface area (Å²) in [5.41, 5.74) is 4.22. The van der Waals surface area contributed by atoms with Gasteiger partial charge in [0.1, 0.15) is 0 Å². The van der Waals surface area contributed by atoms with Crippen molar-refractivity contribution in [2.45, 2.75) is 58.9 Å². The summed E-state index contributed by atoms with van der Waals surface area (Å²) in [7, 11) is 0. The van der Waals surface area contributed by atoms with Crippen LogP contribution in [0.15, 0.2) is 18.2 Å². The van der Waals surface area contributed by atoms with Crippen LogP contribution in [0, 0.1) is 12.8 Å². The van der Waals surface area contributed by atoms with Crippen molar-refractivity contribution in [3.63, 3.8) is 0 Å². The van der Waals surface area contributed by atoms with Crippen molar-refractivity contribution in [1.29, 1.82) is 0 Å². The van der Waals surface area contributed by atoms with Crippen molar-refractivity contribution >= 4 is 5.69 Å². The minimum Gasteiger partial charge on any atom is -0.382 e. The molecule has 0 saturated heterocycles. The maximum atomic E-state index is 3.77. The molecule has 1 saturated carbocycles. The SMILES string of the molecule is CCc1cccc(C)c1NC(C)C1CCCC1. The van der Waals surface area contributed by atoms with Crippen LogP contribution in [0.1, 0.15) is 50.7 Å². The van der Waals surface area contributed by atoms with Gasteiger partial charge < -0.3 is 5.32 Å². The van der Waals surface area contributed by atoms with Crippen molar-refractivity contribution in [1.82, 2.24) is 0 Å². The number of para-hydroxylation sites is 1. The average Bonchev–Trinajstić information content (AvgIpc) is 2.85. The van der Waals surface area contributed by atoms with Crippen molar-refractivity contribution in [3.05, 3.63) is 29.3 Å². The third-order valence-corrected chi connectivity index (χ3v) is 4.22. The highest BCUT2D eigenvalue weighted by Crippen LogP contribution is 2.31. The third kappa shape index (κ3) is 2.83. The van der Waals surface area contributed by atoms with Gasteiger partial charge in [0, 0.05) is 11.7 Å². The summed E-state index contributed by atoms with van der Waals surface area (Å²) in [6.45, 7) is 6.80. The number of rotatable bonds is 4. The zero-order valence-corrected chi connectivity index (χ0v) is 11.4. The van der Waals surface area contributed by atoms with Gasteiger partial charge >= 0.3 is 0 Å². The second kappa shape index (κ2) is 5.57. The maximum absolute atomic E-state index is 3.77. The van der Waals surface area contributed by atoms with Crippen LogP contribution >= 0.6 is 0 Å². The Bertz CT molecular complexity index is 364. The molecule has 0 aromatic heterocycles. The Morgan fingerprint density at radius 3 is 2.65 bits per heavy atom. The molecule has 1 aromatic carbocycles. The first-order chi connectivity index (χ1) is 8.22. The van der Waals surface area contributed by atoms with E-state index in [1.807, 2.05) is 0 Å². The number of benzene rings is 1. The molecule has 1 nitrogen and oxygen atoms in total. The molecule has 1 N–H and O–H groups in total. The minimum absolute atomic E-state index is 0.615. The first-order valence-corrected chi connectivity index (χ1v) is 7.07. The molecule has 0 aliphatic heterocycles. The van der Waals surface area contributed by atoms with Crippen LogP contribution in [0.3, 0.4) is 0 Å². The molecule has 0 amide bonds. The lowest BCUT2D eigenvalue weighted by Crippen LogP contribution is -2.24. The lowest BCUT2D eigenvalue weighted by atomic mass is 9.98. The van der Waals surface area contributed by atoms with E-state index in [0.717, 1.165) is 12.3 Å². The van der Waals surface area contributed by atoms with Gasteiger partial charge in [0.15, 0.2) is 0 Å². The fourth-order valence-electron chi connectivity index (χ4n) is 3.03. The number of nitrogens with one attached hydrogen (secondary N) is 1. The van der Waals surface area contributed by atoms with Crippen LogP contribution < -0.4 is 5.32 Å². The second-order valence-electron chi connectivity index (χ2n) is 5.44. The van der Waals surface area contributed by atoms with Gasteiger partial charge in [0.05, 0.1) is 0 Å². The molecular weight excluding hydrogens is 206 g/mol. The largest absolute Gasteiger partial charge is 0.382 e. The predicted molar refractivity (Wildman–Crippen MR) is 75.6 cm³/mol. The van der Waals surface area contributed by atoms with Crippen LogP contribution in [-0.2, 0) is 6.42 Å². The van der Waals surface area contributed by atoms with Gasteiger partial charge in [-0.25, -0.2) is 0 Å². The monoisotopic (exact) mass is 231 g/mol. The molecule has 1 unspecified atom stereocenters. The minimum atomic E-state index is 0.615. The van der Waals surface area contributed by atoms with Gasteiger partial charge in [-0.3, -0.25) is 0 Å². The molecule has 0 heterocycles. The van der Waals surface area contributed by atoms with E-state index in [0.29, 0.717) is 6.04 Å². The third-order valence-electron chi connectivity index (χ3n) is 4.22. The summed E-state index contributed by atoms with van der Waals surface area (Å²) < 4.78 is 0. The fourth-order valence-corrected chi connectivity index (χ4v) is 3.03. The first kappa shape index (κ1) is 12.5. The fraction of sp³-hybridized carbons (Fsp3) is 0.625. The normalized spacial score (nSPS) is 18.3. The summed E-state index contributed by atoms with van der Waals surface area (Å²) in [6.07, 6.45) is 6.76. The molecule has 0 radical (unpaired) electrons. The van der Waals surface area contributed by atoms with Gasteiger partial charge in [-0.1, -0.05) is 38.0 Å². The summed E-state index contributed by atoms with van der Waals surface area (Å²) in [4.78, 5) is 0. The molecule has 1 aliphatic rings. The van der Waals surface area contributed by atoms with Crippen LogP contribution in [0.25, 0.3) is 0 Å². The van der Waals surface area contributed by atoms with Gasteiger partial charge in [-0.05, 0) is 50.2 Å². The van der Waals surface area contributed by atoms with E-state index in [2.05, 4.69) is 44.3 Å². The predicted octanol–water partition coefficient (Wildman–Crippen LogP) is 4.55. The van der Waals surface area contributed by atoms with Gasteiger partial charge in [0.25, 0.3) is 0 Å². The molecule has 0 bridgehead atoms. The van der Waals surface area contributed by atoms with Crippen molar-refractivity contribution in [2.24, 2.45) is 5.92 Å². The Morgan fingerprint density at radius 2 is 2.00 bits per heavy atom. The number of hydrogen-bond acceptors (Lipinski definition) is 1. The summed E-state index contributed by atoms with van der Waals surface area (Å²) >= 11 is 0. The number of aryl methyl sites for hydroxylation is 2. The van der Waals surface area contributed by atoms with E-state index in [1.54, 1.807) is 0 Å². The van der Waals surface area contributed by atoms with E-state index >= 15 is 0 Å². The maximum Gasteiger partial charge on any atom is 0.0404 e. The van der Waals surface area contributed by atoms with Gasteiger partial charge in [0.2, 0.25) is 0 Å². The number of hydrogen-bond donors (Lipinski definition) is 1. The van der Waals surface area contributed by atoms with E-state index in [-0.39, 0.29) is 0 Å². The molecular formula is C16H25N. The number of anilines is 1. The Balaban J connectivity index is 2.11. The Morgan fingerprint density at radius 1 is 1.29 bits per heavy atom. The van der Waals surface area contributed by atoms with E-state index in [4.69, 9.17) is 0 Å². The summed E-state index contributed by atoms with van der Waals surface area (Å²) in [5, 5.41) is 3.77. The van der Waals surface area contributed by atoms with Crippen LogP contribution in [0.4, 0.5) is 5.69 Å². The van der Waals surface area contributed by atoms with Crippen molar-refractivity contribution in [3.8, 4) is 0 Å². The molecule has 0 spiro atoms. The lowest BCUT2D eigenvalue weighted by Gasteiger charge is -2.24. The quantitative estimate of drug-likeness (QED) is 0.801. The van der Waals surface area contributed by atoms with Gasteiger partial charge in [-0.2, -0.15) is 0 Å². The summed E-state index contributed by atoms with van der Waals surface area (Å²) in [6, 6.07) is 7.24. The molecule has 1 aromatic rings. The van der Waals surface area contributed by atoms with Crippen LogP contribution in [0.5, 0.6) is 0 Å². The van der Waals surface area contributed by atoms with E-state index in [1.165, 1.54) is 42.5 Å². The summed E-state index contributed by atoms with van der Waals surface area (Å²) in [5.74, 6) is 0.874. The van der Waals surface area contributed by atoms with E-state index < -0.39 is 0 Å². The molecule has 2 rings (SSSR count). The Kier molecular flexibility index (Phi) is 4.09. The molecule has 1 fully saturated rings. The zero-order chi connectivity index (χ0) is 12.3. The van der Waals surface area contributed by atoms with Crippen molar-refractivity contribution in [2.75, 3.05) is 5.32 Å². The highest BCUT2D eigenvalue weighted by Gasteiger charge is 2.22. The molecule has 17 heavy (non-hydrogen) atoms. The average molecular weight is 231 g/mol. The molecule has 94 valence electrons. The smallest absolute Gasteiger partial charge is 0.0404 e. The standard InChI is InChI=1S/C16H25N/c1-4-14-11-7-8-12(2)16(14)17-13(3)15-9-5-6-10-15/h7-8,11,13,15,17H,4-6,9-10H2,1-3H3. The second-order valence-corrected chi connectivity index (χ2v) is 5.44. The molecule has 1 heteroatoms. The highest BCUT2D eigenvalue weighted by atomic mass is 14.9. The molecule has 1 aliphatic carbocycles. The molecule has 1 atom stereocenters. The topological polar surface area (TPSA) is 12.0 Å². The Hall–Kier alpha value is -0.980. The van der Waals surface area contributed by atoms with Gasteiger partial charge in [-0.15, -0.1) is 0 Å². The van der Waals surface area contributed by atoms with Crippen LogP contribution in [-0.4, -0.2) is 6.04 Å². The van der Waals surface area contributed by atoms with Crippen molar-refractivity contribution < 1.29 is 0 Å². The van der Waals surface area contributed by atoms with E-state index in [9.17, 15) is 0 Å². The lowest BCUT2D eigenvalue weighted by molar-refractivity contribution is 0.482. The zero-order valence-electron chi connectivity index (χ0n) is 11.4.